The number of rotatable bonds is 4. The van der Waals surface area contributed by atoms with Crippen molar-refractivity contribution in [2.24, 2.45) is 0 Å². The molecule has 1 fully saturated rings. The van der Waals surface area contributed by atoms with Crippen LogP contribution in [0.15, 0.2) is 20.1 Å². The van der Waals surface area contributed by atoms with Crippen LogP contribution in [0.2, 0.25) is 0 Å². The number of carbonyl (C=O) groups excluding carboxylic acids is 1. The summed E-state index contributed by atoms with van der Waals surface area (Å²) in [4.78, 5) is 13.7. The molecule has 1 aromatic heterocycles. The predicted molar refractivity (Wildman–Crippen MR) is 88.5 cm³/mol. The molecule has 2 heterocycles. The second kappa shape index (κ2) is 8.44. The molecule has 1 saturated heterocycles. The topological polar surface area (TPSA) is 78.5 Å². The summed E-state index contributed by atoms with van der Waals surface area (Å²) in [6.45, 7) is 2.72. The zero-order chi connectivity index (χ0) is 14.6. The lowest BCUT2D eigenvalue weighted by molar-refractivity contribution is -0.129. The minimum Gasteiger partial charge on any atom is -0.340 e. The van der Waals surface area contributed by atoms with Gasteiger partial charge >= 0.3 is 0 Å². The number of carbonyl (C=O) groups is 1. The molecule has 0 unspecified atom stereocenters. The molecule has 21 heavy (non-hydrogen) atoms. The lowest BCUT2D eigenvalue weighted by Gasteiger charge is -2.19. The molecule has 6 nitrogen and oxygen atoms in total. The van der Waals surface area contributed by atoms with Gasteiger partial charge in [0.25, 0.3) is 10.0 Å². The SMILES string of the molecule is Cl.O=C(CNS(=O)(=O)c1ccc(Br)s1)N1CCCNCC1. The molecule has 2 N–H and O–H groups in total. The molecule has 10 heteroatoms. The fraction of sp³-hybridized carbons (Fsp3) is 0.545. The Labute approximate surface area is 142 Å². The van der Waals surface area contributed by atoms with Crippen molar-refractivity contribution in [2.75, 3.05) is 32.7 Å². The van der Waals surface area contributed by atoms with Gasteiger partial charge in [0.15, 0.2) is 0 Å². The maximum Gasteiger partial charge on any atom is 0.250 e. The first kappa shape index (κ1) is 18.9. The third-order valence-electron chi connectivity index (χ3n) is 2.92. The third-order valence-corrected chi connectivity index (χ3v) is 6.44. The summed E-state index contributed by atoms with van der Waals surface area (Å²) in [6.07, 6.45) is 0.885. The first-order valence-electron chi connectivity index (χ1n) is 6.22. The average Bonchev–Trinajstić information content (AvgIpc) is 2.69. The number of nitrogens with one attached hydrogen (secondary N) is 2. The van der Waals surface area contributed by atoms with Crippen LogP contribution in [0.5, 0.6) is 0 Å². The van der Waals surface area contributed by atoms with E-state index in [0.29, 0.717) is 13.1 Å². The van der Waals surface area contributed by atoms with E-state index in [1.165, 1.54) is 6.07 Å². The van der Waals surface area contributed by atoms with Crippen LogP contribution in [0, 0.1) is 0 Å². The predicted octanol–water partition coefficient (Wildman–Crippen LogP) is 1.03. The van der Waals surface area contributed by atoms with Gasteiger partial charge in [0, 0.05) is 19.6 Å². The molecular formula is C11H17BrClN3O3S2. The summed E-state index contributed by atoms with van der Waals surface area (Å²) in [5, 5.41) is 3.20. The molecule has 1 amide bonds. The Morgan fingerprint density at radius 1 is 1.38 bits per heavy atom. The molecule has 1 aliphatic rings. The van der Waals surface area contributed by atoms with Gasteiger partial charge < -0.3 is 10.2 Å². The Morgan fingerprint density at radius 3 is 2.81 bits per heavy atom. The number of amides is 1. The van der Waals surface area contributed by atoms with E-state index >= 15 is 0 Å². The van der Waals surface area contributed by atoms with E-state index in [4.69, 9.17) is 0 Å². The van der Waals surface area contributed by atoms with Gasteiger partial charge in [-0.3, -0.25) is 4.79 Å². The van der Waals surface area contributed by atoms with Gasteiger partial charge in [-0.25, -0.2) is 13.1 Å². The van der Waals surface area contributed by atoms with Crippen molar-refractivity contribution in [3.63, 3.8) is 0 Å². The van der Waals surface area contributed by atoms with Crippen LogP contribution in [0.25, 0.3) is 0 Å². The fourth-order valence-electron chi connectivity index (χ4n) is 1.88. The minimum absolute atomic E-state index is 0. The molecule has 0 aromatic carbocycles. The maximum absolute atomic E-state index is 12.0. The van der Waals surface area contributed by atoms with Gasteiger partial charge in [-0.05, 0) is 41.0 Å². The molecule has 0 saturated carbocycles. The lowest BCUT2D eigenvalue weighted by atomic mass is 10.4. The van der Waals surface area contributed by atoms with Crippen molar-refractivity contribution in [2.45, 2.75) is 10.6 Å². The summed E-state index contributed by atoms with van der Waals surface area (Å²) in [5.74, 6) is -0.187. The Bertz CT molecular complexity index is 571. The molecule has 1 aliphatic heterocycles. The second-order valence-electron chi connectivity index (χ2n) is 4.37. The van der Waals surface area contributed by atoms with Crippen LogP contribution in [0.3, 0.4) is 0 Å². The normalized spacial score (nSPS) is 16.1. The highest BCUT2D eigenvalue weighted by Gasteiger charge is 2.20. The fourth-order valence-corrected chi connectivity index (χ4v) is 4.91. The summed E-state index contributed by atoms with van der Waals surface area (Å²) < 4.78 is 27.3. The zero-order valence-corrected chi connectivity index (χ0v) is 15.2. The van der Waals surface area contributed by atoms with Crippen molar-refractivity contribution in [3.05, 3.63) is 15.9 Å². The van der Waals surface area contributed by atoms with Gasteiger partial charge in [-0.2, -0.15) is 0 Å². The molecule has 120 valence electrons. The van der Waals surface area contributed by atoms with E-state index in [-0.39, 0.29) is 29.1 Å². The number of thiophene rings is 1. The maximum atomic E-state index is 12.0. The van der Waals surface area contributed by atoms with Crippen molar-refractivity contribution in [3.8, 4) is 0 Å². The highest BCUT2D eigenvalue weighted by Crippen LogP contribution is 2.25. The molecule has 1 aromatic rings. The average molecular weight is 419 g/mol. The van der Waals surface area contributed by atoms with Crippen LogP contribution in [-0.4, -0.2) is 51.9 Å². The molecule has 0 atom stereocenters. The van der Waals surface area contributed by atoms with E-state index in [1.54, 1.807) is 11.0 Å². The number of sulfonamides is 1. The van der Waals surface area contributed by atoms with Gasteiger partial charge in [0.1, 0.15) is 4.21 Å². The third kappa shape index (κ3) is 5.50. The quantitative estimate of drug-likeness (QED) is 0.765. The standard InChI is InChI=1S/C11H16BrN3O3S2.ClH/c12-9-2-3-11(19-9)20(17,18)14-8-10(16)15-6-1-4-13-5-7-15;/h2-3,13-14H,1,4-8H2;1H. The number of nitrogens with zero attached hydrogens (tertiary/aromatic N) is 1. The molecule has 0 bridgehead atoms. The van der Waals surface area contributed by atoms with E-state index in [2.05, 4.69) is 26.0 Å². The van der Waals surface area contributed by atoms with Crippen LogP contribution in [0.4, 0.5) is 0 Å². The summed E-state index contributed by atoms with van der Waals surface area (Å²) in [7, 11) is -3.61. The van der Waals surface area contributed by atoms with Crippen molar-refractivity contribution in [1.29, 1.82) is 0 Å². The Morgan fingerprint density at radius 2 is 2.14 bits per heavy atom. The van der Waals surface area contributed by atoms with E-state index < -0.39 is 10.0 Å². The lowest BCUT2D eigenvalue weighted by Crippen LogP contribution is -2.41. The van der Waals surface area contributed by atoms with Gasteiger partial charge in [-0.1, -0.05) is 0 Å². The van der Waals surface area contributed by atoms with E-state index in [1.807, 2.05) is 0 Å². The molecule has 0 radical (unpaired) electrons. The van der Waals surface area contributed by atoms with Crippen molar-refractivity contribution >= 4 is 55.6 Å². The van der Waals surface area contributed by atoms with Crippen molar-refractivity contribution < 1.29 is 13.2 Å². The first-order chi connectivity index (χ1) is 9.49. The van der Waals surface area contributed by atoms with Crippen LogP contribution >= 0.6 is 39.7 Å². The zero-order valence-electron chi connectivity index (χ0n) is 11.2. The van der Waals surface area contributed by atoms with Gasteiger partial charge in [-0.15, -0.1) is 23.7 Å². The summed E-state index contributed by atoms with van der Waals surface area (Å²) >= 11 is 4.34. The van der Waals surface area contributed by atoms with Crippen molar-refractivity contribution in [1.82, 2.24) is 14.9 Å². The molecule has 0 spiro atoms. The monoisotopic (exact) mass is 417 g/mol. The Balaban J connectivity index is 0.00000220. The largest absolute Gasteiger partial charge is 0.340 e. The number of hydrogen-bond donors (Lipinski definition) is 2. The first-order valence-corrected chi connectivity index (χ1v) is 9.32. The van der Waals surface area contributed by atoms with E-state index in [0.717, 1.165) is 34.6 Å². The summed E-state index contributed by atoms with van der Waals surface area (Å²) in [6, 6.07) is 3.18. The minimum atomic E-state index is -3.61. The Hall–Kier alpha value is -0.190. The number of hydrogen-bond acceptors (Lipinski definition) is 5. The van der Waals surface area contributed by atoms with Crippen LogP contribution < -0.4 is 10.0 Å². The highest BCUT2D eigenvalue weighted by atomic mass is 79.9. The smallest absolute Gasteiger partial charge is 0.250 e. The second-order valence-corrected chi connectivity index (χ2v) is 8.82. The number of halogens is 2. The van der Waals surface area contributed by atoms with Gasteiger partial charge in [0.05, 0.1) is 10.3 Å². The van der Waals surface area contributed by atoms with Gasteiger partial charge in [0.2, 0.25) is 5.91 Å². The summed E-state index contributed by atoms with van der Waals surface area (Å²) in [5.41, 5.74) is 0. The van der Waals surface area contributed by atoms with Crippen LogP contribution in [0.1, 0.15) is 6.42 Å². The highest BCUT2D eigenvalue weighted by molar-refractivity contribution is 9.11. The Kier molecular flexibility index (Phi) is 7.58. The molecule has 0 aliphatic carbocycles. The molecule has 2 rings (SSSR count). The molecular weight excluding hydrogens is 402 g/mol. The van der Waals surface area contributed by atoms with E-state index in [9.17, 15) is 13.2 Å². The van der Waals surface area contributed by atoms with Crippen LogP contribution in [-0.2, 0) is 14.8 Å².